The Morgan fingerprint density at radius 1 is 1.19 bits per heavy atom. The molecule has 1 aromatic carbocycles. The molecule has 84 valence electrons. The fourth-order valence-electron chi connectivity index (χ4n) is 1.47. The van der Waals surface area contributed by atoms with Gasteiger partial charge in [-0.25, -0.2) is 9.59 Å². The van der Waals surface area contributed by atoms with Crippen LogP contribution in [0.3, 0.4) is 0 Å². The highest BCUT2D eigenvalue weighted by molar-refractivity contribution is 5.97. The molecule has 2 N–H and O–H groups in total. The topological polar surface area (TPSA) is 74.6 Å². The number of rotatable bonds is 4. The van der Waals surface area contributed by atoms with Crippen molar-refractivity contribution in [3.63, 3.8) is 0 Å². The van der Waals surface area contributed by atoms with Gasteiger partial charge in [-0.3, -0.25) is 0 Å². The van der Waals surface area contributed by atoms with E-state index in [4.69, 9.17) is 10.2 Å². The van der Waals surface area contributed by atoms with Crippen LogP contribution in [-0.4, -0.2) is 22.2 Å². The van der Waals surface area contributed by atoms with Crippen LogP contribution in [0, 0.1) is 0 Å². The number of aromatic carboxylic acids is 1. The summed E-state index contributed by atoms with van der Waals surface area (Å²) in [6, 6.07) is 6.37. The van der Waals surface area contributed by atoms with Gasteiger partial charge in [-0.1, -0.05) is 25.1 Å². The minimum absolute atomic E-state index is 0.122. The summed E-state index contributed by atoms with van der Waals surface area (Å²) in [6.07, 6.45) is 1.51. The molecule has 1 aromatic rings. The van der Waals surface area contributed by atoms with E-state index in [1.54, 1.807) is 25.1 Å². The standard InChI is InChI=1S/C12H12O4/c1-2-8(7-11(13)14)9-5-3-4-6-10(9)12(15)16/h3-7H,2H2,1H3,(H,13,14)(H,15,16)/b8-7+. The zero-order chi connectivity index (χ0) is 12.1. The van der Waals surface area contributed by atoms with Crippen molar-refractivity contribution in [2.75, 3.05) is 0 Å². The van der Waals surface area contributed by atoms with Gasteiger partial charge in [0.25, 0.3) is 0 Å². The first kappa shape index (κ1) is 12.0. The van der Waals surface area contributed by atoms with E-state index >= 15 is 0 Å². The molecule has 0 fully saturated rings. The number of allylic oxidation sites excluding steroid dienone is 1. The Bertz CT molecular complexity index is 446. The van der Waals surface area contributed by atoms with Gasteiger partial charge in [-0.2, -0.15) is 0 Å². The molecule has 0 bridgehead atoms. The van der Waals surface area contributed by atoms with Gasteiger partial charge in [0, 0.05) is 6.08 Å². The average Bonchev–Trinajstić information content (AvgIpc) is 2.25. The monoisotopic (exact) mass is 220 g/mol. The van der Waals surface area contributed by atoms with Gasteiger partial charge < -0.3 is 10.2 Å². The van der Waals surface area contributed by atoms with E-state index in [9.17, 15) is 9.59 Å². The third kappa shape index (κ3) is 2.70. The van der Waals surface area contributed by atoms with Gasteiger partial charge >= 0.3 is 11.9 Å². The van der Waals surface area contributed by atoms with E-state index in [0.29, 0.717) is 17.6 Å². The molecule has 4 heteroatoms. The lowest BCUT2D eigenvalue weighted by Gasteiger charge is -2.07. The second kappa shape index (κ2) is 5.11. The van der Waals surface area contributed by atoms with E-state index < -0.39 is 11.9 Å². The molecule has 0 aliphatic carbocycles. The lowest BCUT2D eigenvalue weighted by molar-refractivity contribution is -0.131. The highest BCUT2D eigenvalue weighted by Gasteiger charge is 2.12. The molecule has 0 radical (unpaired) electrons. The maximum absolute atomic E-state index is 11.0. The van der Waals surface area contributed by atoms with E-state index in [2.05, 4.69) is 0 Å². The van der Waals surface area contributed by atoms with Crippen LogP contribution in [0.2, 0.25) is 0 Å². The third-order valence-corrected chi connectivity index (χ3v) is 2.18. The van der Waals surface area contributed by atoms with Crippen molar-refractivity contribution in [3.8, 4) is 0 Å². The molecular formula is C12H12O4. The molecule has 0 aliphatic heterocycles. The normalized spacial score (nSPS) is 11.2. The summed E-state index contributed by atoms with van der Waals surface area (Å²) in [4.78, 5) is 21.6. The molecule has 0 amide bonds. The minimum Gasteiger partial charge on any atom is -0.478 e. The second-order valence-corrected chi connectivity index (χ2v) is 3.21. The second-order valence-electron chi connectivity index (χ2n) is 3.21. The Balaban J connectivity index is 3.30. The molecule has 4 nitrogen and oxygen atoms in total. The Morgan fingerprint density at radius 3 is 2.19 bits per heavy atom. The van der Waals surface area contributed by atoms with Crippen molar-refractivity contribution in [2.24, 2.45) is 0 Å². The van der Waals surface area contributed by atoms with E-state index in [-0.39, 0.29) is 5.56 Å². The molecule has 0 aromatic heterocycles. The van der Waals surface area contributed by atoms with Crippen LogP contribution in [0.4, 0.5) is 0 Å². The molecule has 0 atom stereocenters. The number of benzene rings is 1. The first-order chi connectivity index (χ1) is 7.56. The van der Waals surface area contributed by atoms with Crippen molar-refractivity contribution >= 4 is 17.5 Å². The van der Waals surface area contributed by atoms with Crippen LogP contribution in [-0.2, 0) is 4.79 Å². The zero-order valence-corrected chi connectivity index (χ0v) is 8.80. The first-order valence-electron chi connectivity index (χ1n) is 4.82. The predicted octanol–water partition coefficient (Wildman–Crippen LogP) is 2.26. The van der Waals surface area contributed by atoms with E-state index in [1.807, 2.05) is 0 Å². The van der Waals surface area contributed by atoms with Gasteiger partial charge in [0.05, 0.1) is 5.56 Å². The quantitative estimate of drug-likeness (QED) is 0.763. The SMILES string of the molecule is CC/C(=C\C(=O)O)c1ccccc1C(=O)O. The Kier molecular flexibility index (Phi) is 3.83. The van der Waals surface area contributed by atoms with Crippen molar-refractivity contribution in [1.82, 2.24) is 0 Å². The average molecular weight is 220 g/mol. The van der Waals surface area contributed by atoms with Crippen LogP contribution in [0.5, 0.6) is 0 Å². The number of hydrogen-bond acceptors (Lipinski definition) is 2. The largest absolute Gasteiger partial charge is 0.478 e. The summed E-state index contributed by atoms with van der Waals surface area (Å²) in [5.74, 6) is -2.13. The molecular weight excluding hydrogens is 208 g/mol. The van der Waals surface area contributed by atoms with Crippen molar-refractivity contribution in [1.29, 1.82) is 0 Å². The molecule has 0 aliphatic rings. The first-order valence-corrected chi connectivity index (χ1v) is 4.82. The van der Waals surface area contributed by atoms with Crippen LogP contribution in [0.1, 0.15) is 29.3 Å². The molecule has 1 rings (SSSR count). The fraction of sp³-hybridized carbons (Fsp3) is 0.167. The predicted molar refractivity (Wildman–Crippen MR) is 59.3 cm³/mol. The van der Waals surface area contributed by atoms with Crippen LogP contribution in [0.15, 0.2) is 30.3 Å². The smallest absolute Gasteiger partial charge is 0.336 e. The maximum atomic E-state index is 11.0. The summed E-state index contributed by atoms with van der Waals surface area (Å²) < 4.78 is 0. The van der Waals surface area contributed by atoms with Crippen LogP contribution >= 0.6 is 0 Å². The zero-order valence-electron chi connectivity index (χ0n) is 8.80. The van der Waals surface area contributed by atoms with Crippen molar-refractivity contribution in [2.45, 2.75) is 13.3 Å². The van der Waals surface area contributed by atoms with E-state index in [0.717, 1.165) is 6.08 Å². The lowest BCUT2D eigenvalue weighted by Crippen LogP contribution is -2.02. The number of carboxylic acids is 2. The lowest BCUT2D eigenvalue weighted by atomic mass is 9.97. The van der Waals surface area contributed by atoms with Gasteiger partial charge in [0.15, 0.2) is 0 Å². The van der Waals surface area contributed by atoms with Crippen molar-refractivity contribution in [3.05, 3.63) is 41.5 Å². The summed E-state index contributed by atoms with van der Waals surface area (Å²) in [7, 11) is 0. The van der Waals surface area contributed by atoms with Crippen LogP contribution < -0.4 is 0 Å². The molecule has 0 saturated carbocycles. The molecule has 0 saturated heterocycles. The summed E-state index contributed by atoms with van der Waals surface area (Å²) in [5, 5.41) is 17.7. The Hall–Kier alpha value is -2.10. The minimum atomic E-state index is -1.07. The Labute approximate surface area is 92.8 Å². The Morgan fingerprint density at radius 2 is 1.75 bits per heavy atom. The van der Waals surface area contributed by atoms with Gasteiger partial charge in [-0.05, 0) is 23.6 Å². The third-order valence-electron chi connectivity index (χ3n) is 2.18. The molecule has 0 spiro atoms. The number of carbonyl (C=O) groups is 2. The molecule has 0 unspecified atom stereocenters. The highest BCUT2D eigenvalue weighted by Crippen LogP contribution is 2.22. The fourth-order valence-corrected chi connectivity index (χ4v) is 1.47. The van der Waals surface area contributed by atoms with Gasteiger partial charge in [-0.15, -0.1) is 0 Å². The van der Waals surface area contributed by atoms with Gasteiger partial charge in [0.2, 0.25) is 0 Å². The summed E-state index contributed by atoms with van der Waals surface area (Å²) in [6.45, 7) is 1.79. The number of hydrogen-bond donors (Lipinski definition) is 2. The molecule has 0 heterocycles. The number of carboxylic acid groups (broad SMARTS) is 2. The van der Waals surface area contributed by atoms with Crippen LogP contribution in [0.25, 0.3) is 5.57 Å². The summed E-state index contributed by atoms with van der Waals surface area (Å²) in [5.41, 5.74) is 1.09. The van der Waals surface area contributed by atoms with E-state index in [1.165, 1.54) is 6.07 Å². The van der Waals surface area contributed by atoms with Gasteiger partial charge in [0.1, 0.15) is 0 Å². The highest BCUT2D eigenvalue weighted by atomic mass is 16.4. The molecule has 16 heavy (non-hydrogen) atoms. The van der Waals surface area contributed by atoms with Crippen molar-refractivity contribution < 1.29 is 19.8 Å². The number of aliphatic carboxylic acids is 1. The maximum Gasteiger partial charge on any atom is 0.336 e. The summed E-state index contributed by atoms with van der Waals surface area (Å²) >= 11 is 0.